The van der Waals surface area contributed by atoms with Gasteiger partial charge in [-0.15, -0.1) is 0 Å². The van der Waals surface area contributed by atoms with Gasteiger partial charge in [-0.3, -0.25) is 4.79 Å². The van der Waals surface area contributed by atoms with Crippen LogP contribution in [0.4, 0.5) is 0 Å². The lowest BCUT2D eigenvalue weighted by atomic mass is 9.84. The Morgan fingerprint density at radius 1 is 1.33 bits per heavy atom. The molecule has 4 heteroatoms. The van der Waals surface area contributed by atoms with Crippen LogP contribution >= 0.6 is 0 Å². The van der Waals surface area contributed by atoms with Crippen molar-refractivity contribution in [2.75, 3.05) is 33.4 Å². The smallest absolute Gasteiger partial charge is 0.310 e. The van der Waals surface area contributed by atoms with Gasteiger partial charge in [0, 0.05) is 20.3 Å². The summed E-state index contributed by atoms with van der Waals surface area (Å²) in [7, 11) is 1.75. The van der Waals surface area contributed by atoms with Gasteiger partial charge in [-0.2, -0.15) is 0 Å². The molecule has 1 aliphatic heterocycles. The van der Waals surface area contributed by atoms with E-state index in [0.29, 0.717) is 5.92 Å². The number of carbonyl (C=O) groups is 1. The van der Waals surface area contributed by atoms with Crippen LogP contribution in [-0.2, 0) is 9.53 Å². The highest BCUT2D eigenvalue weighted by molar-refractivity contribution is 5.75. The Morgan fingerprint density at radius 3 is 2.44 bits per heavy atom. The molecule has 0 amide bonds. The minimum Gasteiger partial charge on any atom is -0.481 e. The molecule has 0 aromatic heterocycles. The Labute approximate surface area is 109 Å². The van der Waals surface area contributed by atoms with Crippen molar-refractivity contribution in [1.29, 1.82) is 0 Å². The topological polar surface area (TPSA) is 49.8 Å². The SMILES string of the molecule is COCC1CCN(CC2(C(=O)O)CCCC2)CC1. The van der Waals surface area contributed by atoms with E-state index in [1.807, 2.05) is 0 Å². The molecule has 1 saturated heterocycles. The van der Waals surface area contributed by atoms with Crippen LogP contribution in [0.5, 0.6) is 0 Å². The third-order valence-electron chi connectivity index (χ3n) is 4.65. The fourth-order valence-corrected chi connectivity index (χ4v) is 3.47. The molecule has 0 unspecified atom stereocenters. The average Bonchev–Trinajstić information content (AvgIpc) is 2.82. The molecule has 0 aromatic rings. The van der Waals surface area contributed by atoms with Gasteiger partial charge in [-0.05, 0) is 44.7 Å². The first-order valence-electron chi connectivity index (χ1n) is 7.11. The third kappa shape index (κ3) is 3.04. The van der Waals surface area contributed by atoms with Gasteiger partial charge < -0.3 is 14.7 Å². The van der Waals surface area contributed by atoms with Crippen molar-refractivity contribution in [3.8, 4) is 0 Å². The summed E-state index contributed by atoms with van der Waals surface area (Å²) in [5.74, 6) is 0.0784. The van der Waals surface area contributed by atoms with Crippen molar-refractivity contribution in [3.63, 3.8) is 0 Å². The predicted octanol–water partition coefficient (Wildman–Crippen LogP) is 1.99. The number of ether oxygens (including phenoxy) is 1. The maximum absolute atomic E-state index is 11.5. The molecular weight excluding hydrogens is 230 g/mol. The molecule has 18 heavy (non-hydrogen) atoms. The normalized spacial score (nSPS) is 25.4. The number of nitrogens with zero attached hydrogens (tertiary/aromatic N) is 1. The summed E-state index contributed by atoms with van der Waals surface area (Å²) in [4.78, 5) is 13.9. The summed E-state index contributed by atoms with van der Waals surface area (Å²) in [6.07, 6.45) is 6.16. The van der Waals surface area contributed by atoms with Crippen molar-refractivity contribution in [2.24, 2.45) is 11.3 Å². The first-order chi connectivity index (χ1) is 8.66. The van der Waals surface area contributed by atoms with E-state index in [9.17, 15) is 9.90 Å². The van der Waals surface area contributed by atoms with Crippen molar-refractivity contribution < 1.29 is 14.6 Å². The number of carboxylic acids is 1. The maximum atomic E-state index is 11.5. The van der Waals surface area contributed by atoms with Crippen molar-refractivity contribution >= 4 is 5.97 Å². The Morgan fingerprint density at radius 2 is 1.94 bits per heavy atom. The van der Waals surface area contributed by atoms with Gasteiger partial charge in [0.1, 0.15) is 0 Å². The van der Waals surface area contributed by atoms with E-state index in [4.69, 9.17) is 4.74 Å². The summed E-state index contributed by atoms with van der Waals surface area (Å²) >= 11 is 0. The van der Waals surface area contributed by atoms with E-state index < -0.39 is 11.4 Å². The monoisotopic (exact) mass is 255 g/mol. The molecule has 0 bridgehead atoms. The van der Waals surface area contributed by atoms with Gasteiger partial charge in [0.2, 0.25) is 0 Å². The number of methoxy groups -OCH3 is 1. The van der Waals surface area contributed by atoms with Crippen LogP contribution in [-0.4, -0.2) is 49.3 Å². The lowest BCUT2D eigenvalue weighted by Gasteiger charge is -2.36. The molecule has 2 fully saturated rings. The van der Waals surface area contributed by atoms with Gasteiger partial charge >= 0.3 is 5.97 Å². The van der Waals surface area contributed by atoms with Crippen LogP contribution in [0.1, 0.15) is 38.5 Å². The Bertz CT molecular complexity index is 279. The van der Waals surface area contributed by atoms with Gasteiger partial charge in [0.05, 0.1) is 5.41 Å². The number of hydrogen-bond acceptors (Lipinski definition) is 3. The maximum Gasteiger partial charge on any atom is 0.310 e. The number of aliphatic carboxylic acids is 1. The fourth-order valence-electron chi connectivity index (χ4n) is 3.47. The van der Waals surface area contributed by atoms with Crippen molar-refractivity contribution in [2.45, 2.75) is 38.5 Å². The quantitative estimate of drug-likeness (QED) is 0.816. The second-order valence-electron chi connectivity index (χ2n) is 5.97. The molecule has 2 aliphatic rings. The summed E-state index contributed by atoms with van der Waals surface area (Å²) in [5, 5.41) is 9.48. The second-order valence-corrected chi connectivity index (χ2v) is 5.97. The summed E-state index contributed by atoms with van der Waals surface area (Å²) in [5.41, 5.74) is -0.450. The standard InChI is InChI=1S/C14H25NO3/c1-18-10-12-4-8-15(9-5-12)11-14(13(16)17)6-2-3-7-14/h12H,2-11H2,1H3,(H,16,17). The van der Waals surface area contributed by atoms with E-state index in [0.717, 1.165) is 64.8 Å². The molecule has 0 radical (unpaired) electrons. The lowest BCUT2D eigenvalue weighted by molar-refractivity contribution is -0.150. The summed E-state index contributed by atoms with van der Waals surface area (Å²) in [6.45, 7) is 3.66. The Kier molecular flexibility index (Phi) is 4.62. The zero-order chi connectivity index (χ0) is 13.0. The van der Waals surface area contributed by atoms with Gasteiger partial charge in [0.15, 0.2) is 0 Å². The highest BCUT2D eigenvalue weighted by atomic mass is 16.5. The summed E-state index contributed by atoms with van der Waals surface area (Å²) < 4.78 is 5.20. The lowest BCUT2D eigenvalue weighted by Crippen LogP contribution is -2.45. The summed E-state index contributed by atoms with van der Waals surface area (Å²) in [6, 6.07) is 0. The van der Waals surface area contributed by atoms with Gasteiger partial charge in [-0.25, -0.2) is 0 Å². The van der Waals surface area contributed by atoms with E-state index >= 15 is 0 Å². The molecule has 104 valence electrons. The minimum absolute atomic E-state index is 0.450. The van der Waals surface area contributed by atoms with Crippen molar-refractivity contribution in [3.05, 3.63) is 0 Å². The van der Waals surface area contributed by atoms with Gasteiger partial charge in [-0.1, -0.05) is 12.8 Å². The molecule has 1 N–H and O–H groups in total. The average molecular weight is 255 g/mol. The molecule has 1 saturated carbocycles. The number of carboxylic acid groups (broad SMARTS) is 1. The Balaban J connectivity index is 1.85. The molecule has 1 aliphatic carbocycles. The molecule has 0 spiro atoms. The second kappa shape index (κ2) is 6.02. The van der Waals surface area contributed by atoms with Gasteiger partial charge in [0.25, 0.3) is 0 Å². The zero-order valence-electron chi connectivity index (χ0n) is 11.4. The van der Waals surface area contributed by atoms with Crippen molar-refractivity contribution in [1.82, 2.24) is 4.90 Å². The first kappa shape index (κ1) is 13.8. The van der Waals surface area contributed by atoms with Crippen LogP contribution in [0, 0.1) is 11.3 Å². The van der Waals surface area contributed by atoms with Crippen LogP contribution in [0.25, 0.3) is 0 Å². The molecule has 1 heterocycles. The highest BCUT2D eigenvalue weighted by Crippen LogP contribution is 2.39. The highest BCUT2D eigenvalue weighted by Gasteiger charge is 2.42. The zero-order valence-corrected chi connectivity index (χ0v) is 11.4. The molecule has 2 rings (SSSR count). The number of hydrogen-bond donors (Lipinski definition) is 1. The van der Waals surface area contributed by atoms with E-state index in [1.165, 1.54) is 0 Å². The third-order valence-corrected chi connectivity index (χ3v) is 4.65. The van der Waals surface area contributed by atoms with Crippen LogP contribution in [0.15, 0.2) is 0 Å². The minimum atomic E-state index is -0.584. The Hall–Kier alpha value is -0.610. The number of rotatable bonds is 5. The van der Waals surface area contributed by atoms with E-state index in [-0.39, 0.29) is 0 Å². The molecule has 0 atom stereocenters. The van der Waals surface area contributed by atoms with Crippen LogP contribution in [0.2, 0.25) is 0 Å². The molecule has 0 aromatic carbocycles. The van der Waals surface area contributed by atoms with E-state index in [2.05, 4.69) is 4.90 Å². The molecular formula is C14H25NO3. The number of likely N-dealkylation sites (tertiary alicyclic amines) is 1. The first-order valence-corrected chi connectivity index (χ1v) is 7.11. The number of piperidine rings is 1. The van der Waals surface area contributed by atoms with Crippen LogP contribution in [0.3, 0.4) is 0 Å². The van der Waals surface area contributed by atoms with E-state index in [1.54, 1.807) is 7.11 Å². The predicted molar refractivity (Wildman–Crippen MR) is 69.6 cm³/mol. The van der Waals surface area contributed by atoms with Crippen LogP contribution < -0.4 is 0 Å². The largest absolute Gasteiger partial charge is 0.481 e. The molecule has 4 nitrogen and oxygen atoms in total. The fraction of sp³-hybridized carbons (Fsp3) is 0.929.